The average Bonchev–Trinajstić information content (AvgIpc) is 3.33. The third-order valence-corrected chi connectivity index (χ3v) is 4.99. The number of likely N-dealkylation sites (tertiary alicyclic amines) is 1. The van der Waals surface area contributed by atoms with Crippen LogP contribution in [0.1, 0.15) is 43.3 Å². The fourth-order valence-electron chi connectivity index (χ4n) is 3.61. The maximum atomic E-state index is 12.6. The third kappa shape index (κ3) is 3.36. The SMILES string of the molecule is C[C@@H]1CCCN(C(=O)c2nc(-c3ccnc(N4CCCC4)c3)no2)C1. The van der Waals surface area contributed by atoms with E-state index in [0.717, 1.165) is 50.4 Å². The molecule has 0 bridgehead atoms. The Bertz CT molecular complexity index is 753. The quantitative estimate of drug-likeness (QED) is 0.854. The van der Waals surface area contributed by atoms with Crippen LogP contribution in [0, 0.1) is 5.92 Å². The topological polar surface area (TPSA) is 75.4 Å². The zero-order chi connectivity index (χ0) is 17.2. The van der Waals surface area contributed by atoms with Gasteiger partial charge < -0.3 is 14.3 Å². The van der Waals surface area contributed by atoms with Gasteiger partial charge in [-0.25, -0.2) is 4.98 Å². The molecule has 2 aromatic heterocycles. The van der Waals surface area contributed by atoms with Gasteiger partial charge in [-0.2, -0.15) is 4.98 Å². The number of carbonyl (C=O) groups is 1. The zero-order valence-corrected chi connectivity index (χ0v) is 14.5. The minimum Gasteiger partial charge on any atom is -0.357 e. The van der Waals surface area contributed by atoms with Crippen LogP contribution in [0.15, 0.2) is 22.9 Å². The molecule has 0 spiro atoms. The van der Waals surface area contributed by atoms with E-state index in [-0.39, 0.29) is 11.8 Å². The van der Waals surface area contributed by atoms with Crippen molar-refractivity contribution in [1.29, 1.82) is 0 Å². The van der Waals surface area contributed by atoms with Gasteiger partial charge in [-0.05, 0) is 43.7 Å². The van der Waals surface area contributed by atoms with Gasteiger partial charge in [-0.1, -0.05) is 12.1 Å². The Morgan fingerprint density at radius 2 is 2.08 bits per heavy atom. The van der Waals surface area contributed by atoms with Gasteiger partial charge >= 0.3 is 11.8 Å². The molecule has 0 aliphatic carbocycles. The molecule has 0 unspecified atom stereocenters. The first kappa shape index (κ1) is 16.1. The van der Waals surface area contributed by atoms with E-state index in [0.29, 0.717) is 11.7 Å². The van der Waals surface area contributed by atoms with E-state index in [1.165, 1.54) is 12.8 Å². The first-order chi connectivity index (χ1) is 12.2. The molecule has 0 aromatic carbocycles. The van der Waals surface area contributed by atoms with E-state index in [1.54, 1.807) is 6.20 Å². The molecule has 0 N–H and O–H groups in total. The number of anilines is 1. The van der Waals surface area contributed by atoms with Gasteiger partial charge in [0.25, 0.3) is 0 Å². The van der Waals surface area contributed by atoms with Crippen LogP contribution in [0.2, 0.25) is 0 Å². The molecule has 132 valence electrons. The van der Waals surface area contributed by atoms with Crippen LogP contribution in [0.4, 0.5) is 5.82 Å². The standard InChI is InChI=1S/C18H23N5O2/c1-13-5-4-10-23(12-13)18(24)17-20-16(21-25-17)14-6-7-19-15(11-14)22-8-2-3-9-22/h6-7,11,13H,2-5,8-10,12H2,1H3/t13-/m1/s1. The minimum absolute atomic E-state index is 0.0728. The number of carbonyl (C=O) groups excluding carboxylic acids is 1. The highest BCUT2D eigenvalue weighted by atomic mass is 16.5. The molecule has 2 aliphatic heterocycles. The summed E-state index contributed by atoms with van der Waals surface area (Å²) in [5.74, 6) is 1.79. The largest absolute Gasteiger partial charge is 0.357 e. The van der Waals surface area contributed by atoms with Crippen LogP contribution in [0.25, 0.3) is 11.4 Å². The maximum Gasteiger partial charge on any atom is 0.316 e. The highest BCUT2D eigenvalue weighted by Crippen LogP contribution is 2.24. The summed E-state index contributed by atoms with van der Waals surface area (Å²) in [5, 5.41) is 4.01. The van der Waals surface area contributed by atoms with Crippen molar-refractivity contribution in [2.45, 2.75) is 32.6 Å². The number of nitrogens with zero attached hydrogens (tertiary/aromatic N) is 5. The monoisotopic (exact) mass is 341 g/mol. The van der Waals surface area contributed by atoms with E-state index in [4.69, 9.17) is 4.52 Å². The first-order valence-corrected chi connectivity index (χ1v) is 9.05. The number of hydrogen-bond donors (Lipinski definition) is 0. The van der Waals surface area contributed by atoms with Crippen LogP contribution >= 0.6 is 0 Å². The summed E-state index contributed by atoms with van der Waals surface area (Å²) >= 11 is 0. The molecule has 2 fully saturated rings. The lowest BCUT2D eigenvalue weighted by Gasteiger charge is -2.29. The first-order valence-electron chi connectivity index (χ1n) is 9.05. The third-order valence-electron chi connectivity index (χ3n) is 4.99. The molecule has 7 nitrogen and oxygen atoms in total. The molecular weight excluding hydrogens is 318 g/mol. The van der Waals surface area contributed by atoms with Crippen molar-refractivity contribution in [2.75, 3.05) is 31.1 Å². The van der Waals surface area contributed by atoms with Gasteiger partial charge in [0.05, 0.1) is 0 Å². The Labute approximate surface area is 147 Å². The van der Waals surface area contributed by atoms with Crippen molar-refractivity contribution >= 4 is 11.7 Å². The van der Waals surface area contributed by atoms with Crippen LogP contribution in [0.5, 0.6) is 0 Å². The van der Waals surface area contributed by atoms with Crippen molar-refractivity contribution < 1.29 is 9.32 Å². The van der Waals surface area contributed by atoms with Gasteiger partial charge in [-0.15, -0.1) is 0 Å². The van der Waals surface area contributed by atoms with Gasteiger partial charge in [0.15, 0.2) is 0 Å². The fraction of sp³-hybridized carbons (Fsp3) is 0.556. The number of aromatic nitrogens is 3. The lowest BCUT2D eigenvalue weighted by Crippen LogP contribution is -2.39. The summed E-state index contributed by atoms with van der Waals surface area (Å²) < 4.78 is 5.25. The molecule has 1 amide bonds. The van der Waals surface area contributed by atoms with E-state index >= 15 is 0 Å². The average molecular weight is 341 g/mol. The molecule has 0 radical (unpaired) electrons. The number of pyridine rings is 1. The highest BCUT2D eigenvalue weighted by Gasteiger charge is 2.26. The highest BCUT2D eigenvalue weighted by molar-refractivity contribution is 5.90. The van der Waals surface area contributed by atoms with Crippen molar-refractivity contribution in [2.24, 2.45) is 5.92 Å². The lowest BCUT2D eigenvalue weighted by molar-refractivity contribution is 0.0633. The molecule has 2 aliphatic rings. The van der Waals surface area contributed by atoms with Crippen molar-refractivity contribution in [3.05, 3.63) is 24.2 Å². The van der Waals surface area contributed by atoms with E-state index in [1.807, 2.05) is 17.0 Å². The molecule has 4 heterocycles. The second-order valence-electron chi connectivity index (χ2n) is 7.02. The van der Waals surface area contributed by atoms with Crippen LogP contribution < -0.4 is 4.90 Å². The molecule has 1 atom stereocenters. The second kappa shape index (κ2) is 6.82. The lowest BCUT2D eigenvalue weighted by atomic mass is 10.0. The Kier molecular flexibility index (Phi) is 4.38. The van der Waals surface area contributed by atoms with Crippen molar-refractivity contribution in [3.8, 4) is 11.4 Å². The molecule has 25 heavy (non-hydrogen) atoms. The Balaban J connectivity index is 1.53. The Morgan fingerprint density at radius 1 is 1.24 bits per heavy atom. The van der Waals surface area contributed by atoms with Gasteiger partial charge in [0.2, 0.25) is 5.82 Å². The number of amides is 1. The summed E-state index contributed by atoms with van der Waals surface area (Å²) in [4.78, 5) is 25.4. The number of piperidine rings is 1. The number of rotatable bonds is 3. The molecule has 2 aromatic rings. The van der Waals surface area contributed by atoms with Crippen molar-refractivity contribution in [1.82, 2.24) is 20.0 Å². The normalized spacial score (nSPS) is 20.9. The van der Waals surface area contributed by atoms with E-state index < -0.39 is 0 Å². The number of hydrogen-bond acceptors (Lipinski definition) is 6. The van der Waals surface area contributed by atoms with Gasteiger partial charge in [-0.3, -0.25) is 4.79 Å². The molecular formula is C18H23N5O2. The van der Waals surface area contributed by atoms with Crippen LogP contribution in [-0.2, 0) is 0 Å². The summed E-state index contributed by atoms with van der Waals surface area (Å²) in [6, 6.07) is 3.81. The van der Waals surface area contributed by atoms with E-state index in [2.05, 4.69) is 26.9 Å². The van der Waals surface area contributed by atoms with Gasteiger partial charge in [0.1, 0.15) is 5.82 Å². The summed E-state index contributed by atoms with van der Waals surface area (Å²) in [5.41, 5.74) is 0.826. The molecule has 7 heteroatoms. The van der Waals surface area contributed by atoms with Gasteiger partial charge in [0, 0.05) is 37.9 Å². The summed E-state index contributed by atoms with van der Waals surface area (Å²) in [7, 11) is 0. The molecule has 4 rings (SSSR count). The summed E-state index contributed by atoms with van der Waals surface area (Å²) in [6.07, 6.45) is 6.34. The Morgan fingerprint density at radius 3 is 2.88 bits per heavy atom. The Hall–Kier alpha value is -2.44. The second-order valence-corrected chi connectivity index (χ2v) is 7.02. The predicted octanol–water partition coefficient (Wildman–Crippen LogP) is 2.60. The molecule has 0 saturated carbocycles. The van der Waals surface area contributed by atoms with Crippen LogP contribution in [0.3, 0.4) is 0 Å². The van der Waals surface area contributed by atoms with Crippen LogP contribution in [-0.4, -0.2) is 52.1 Å². The fourth-order valence-corrected chi connectivity index (χ4v) is 3.61. The molecule has 2 saturated heterocycles. The predicted molar refractivity (Wildman–Crippen MR) is 93.3 cm³/mol. The summed E-state index contributed by atoms with van der Waals surface area (Å²) in [6.45, 7) is 5.73. The maximum absolute atomic E-state index is 12.6. The smallest absolute Gasteiger partial charge is 0.316 e. The van der Waals surface area contributed by atoms with E-state index in [9.17, 15) is 4.79 Å². The zero-order valence-electron chi connectivity index (χ0n) is 14.5. The van der Waals surface area contributed by atoms with Crippen molar-refractivity contribution in [3.63, 3.8) is 0 Å². The minimum atomic E-state index is -0.167.